The molecule has 4 aromatic rings. The van der Waals surface area contributed by atoms with Crippen molar-refractivity contribution >= 4 is 28.3 Å². The van der Waals surface area contributed by atoms with E-state index >= 15 is 0 Å². The summed E-state index contributed by atoms with van der Waals surface area (Å²) in [4.78, 5) is 27.1. The van der Waals surface area contributed by atoms with Crippen LogP contribution in [0.15, 0.2) is 73.1 Å². The van der Waals surface area contributed by atoms with Crippen LogP contribution in [-0.2, 0) is 17.9 Å². The number of imidazole rings is 1. The Morgan fingerprint density at radius 1 is 1.18 bits per heavy atom. The molecule has 0 atom stereocenters. The monoisotopic (exact) mass is 441 g/mol. The minimum absolute atomic E-state index is 0.00483. The zero-order valence-corrected chi connectivity index (χ0v) is 17.7. The second kappa shape index (κ2) is 8.23. The van der Waals surface area contributed by atoms with Gasteiger partial charge in [-0.1, -0.05) is 30.3 Å². The standard InChI is InChI=1S/C25H19N3O5/c1-32-25(29)16-6-9-24-21(12-16)20(19-5-3-2-4-17(19)14-33-24)10-11-27-15-26-22-13-18(28(30)31)7-8-23(22)27/h2-10,12-13,15H,11,14H2,1H3/b20-10+. The van der Waals surface area contributed by atoms with Crippen molar-refractivity contribution in [3.63, 3.8) is 0 Å². The average Bonchev–Trinajstić information content (AvgIpc) is 3.18. The zero-order valence-electron chi connectivity index (χ0n) is 17.7. The molecule has 1 aliphatic rings. The normalized spacial score (nSPS) is 13.7. The SMILES string of the molecule is COC(=O)c1ccc2c(c1)/C(=C/Cn1cnc3cc([N+](=O)[O-])ccc31)c1ccccc1CO2. The summed E-state index contributed by atoms with van der Waals surface area (Å²) in [7, 11) is 1.35. The molecule has 5 rings (SSSR count). The van der Waals surface area contributed by atoms with E-state index in [0.29, 0.717) is 30.0 Å². The Balaban J connectivity index is 1.61. The van der Waals surface area contributed by atoms with Crippen molar-refractivity contribution in [3.8, 4) is 5.75 Å². The molecule has 0 saturated carbocycles. The maximum atomic E-state index is 12.2. The van der Waals surface area contributed by atoms with Crippen LogP contribution in [0.4, 0.5) is 5.69 Å². The summed E-state index contributed by atoms with van der Waals surface area (Å²) in [5, 5.41) is 11.1. The second-order valence-electron chi connectivity index (χ2n) is 7.59. The van der Waals surface area contributed by atoms with Gasteiger partial charge in [0.1, 0.15) is 12.4 Å². The Morgan fingerprint density at radius 2 is 2.03 bits per heavy atom. The van der Waals surface area contributed by atoms with Gasteiger partial charge in [-0.25, -0.2) is 9.78 Å². The van der Waals surface area contributed by atoms with Gasteiger partial charge in [0, 0.05) is 24.2 Å². The number of carbonyl (C=O) groups is 1. The molecule has 0 radical (unpaired) electrons. The number of nitrogens with zero attached hydrogens (tertiary/aromatic N) is 3. The summed E-state index contributed by atoms with van der Waals surface area (Å²) in [5.41, 5.74) is 5.55. The number of esters is 1. The first-order valence-electron chi connectivity index (χ1n) is 10.3. The minimum atomic E-state index is -0.432. The third-order valence-corrected chi connectivity index (χ3v) is 5.69. The number of methoxy groups -OCH3 is 1. The fourth-order valence-electron chi connectivity index (χ4n) is 4.04. The first-order valence-corrected chi connectivity index (χ1v) is 10.3. The van der Waals surface area contributed by atoms with Gasteiger partial charge in [-0.15, -0.1) is 0 Å². The van der Waals surface area contributed by atoms with Crippen molar-refractivity contribution in [2.24, 2.45) is 0 Å². The summed E-state index contributed by atoms with van der Waals surface area (Å²) >= 11 is 0. The maximum Gasteiger partial charge on any atom is 0.337 e. The molecule has 0 bridgehead atoms. The van der Waals surface area contributed by atoms with Gasteiger partial charge in [0.05, 0.1) is 35.0 Å². The Morgan fingerprint density at radius 3 is 2.85 bits per heavy atom. The first kappa shape index (κ1) is 20.4. The van der Waals surface area contributed by atoms with Gasteiger partial charge in [-0.3, -0.25) is 10.1 Å². The molecule has 2 heterocycles. The lowest BCUT2D eigenvalue weighted by Crippen LogP contribution is -2.03. The number of nitro benzene ring substituents is 1. The Kier molecular flexibility index (Phi) is 5.10. The molecular formula is C25H19N3O5. The summed E-state index contributed by atoms with van der Waals surface area (Å²) in [6, 6.07) is 17.9. The molecule has 1 aromatic heterocycles. The quantitative estimate of drug-likeness (QED) is 0.257. The molecule has 3 aromatic carbocycles. The maximum absolute atomic E-state index is 12.2. The van der Waals surface area contributed by atoms with E-state index in [2.05, 4.69) is 11.1 Å². The summed E-state index contributed by atoms with van der Waals surface area (Å²) < 4.78 is 12.9. The lowest BCUT2D eigenvalue weighted by molar-refractivity contribution is -0.384. The number of rotatable bonds is 4. The summed E-state index contributed by atoms with van der Waals surface area (Å²) in [5.74, 6) is 0.257. The molecule has 1 aliphatic heterocycles. The molecular weight excluding hydrogens is 422 g/mol. The van der Waals surface area contributed by atoms with E-state index in [1.165, 1.54) is 19.2 Å². The van der Waals surface area contributed by atoms with E-state index in [1.54, 1.807) is 30.6 Å². The van der Waals surface area contributed by atoms with Gasteiger partial charge in [-0.2, -0.15) is 0 Å². The molecule has 0 N–H and O–H groups in total. The van der Waals surface area contributed by atoms with Crippen molar-refractivity contribution in [1.29, 1.82) is 0 Å². The molecule has 33 heavy (non-hydrogen) atoms. The van der Waals surface area contributed by atoms with E-state index in [9.17, 15) is 14.9 Å². The lowest BCUT2D eigenvalue weighted by atomic mass is 9.93. The fraction of sp³-hybridized carbons (Fsp3) is 0.120. The van der Waals surface area contributed by atoms with E-state index < -0.39 is 10.9 Å². The predicted octanol–water partition coefficient (Wildman–Crippen LogP) is 4.76. The zero-order chi connectivity index (χ0) is 22.9. The number of benzene rings is 3. The van der Waals surface area contributed by atoms with Crippen molar-refractivity contribution in [1.82, 2.24) is 9.55 Å². The number of fused-ring (bicyclic) bond motifs is 3. The molecule has 164 valence electrons. The summed E-state index contributed by atoms with van der Waals surface area (Å²) in [6.07, 6.45) is 3.71. The third kappa shape index (κ3) is 3.71. The van der Waals surface area contributed by atoms with E-state index in [4.69, 9.17) is 9.47 Å². The highest BCUT2D eigenvalue weighted by atomic mass is 16.6. The molecule has 0 fully saturated rings. The first-order chi connectivity index (χ1) is 16.0. The fourth-order valence-corrected chi connectivity index (χ4v) is 4.04. The lowest BCUT2D eigenvalue weighted by Gasteiger charge is -2.12. The van der Waals surface area contributed by atoms with Gasteiger partial charge in [-0.05, 0) is 41.0 Å². The number of hydrogen-bond donors (Lipinski definition) is 0. The van der Waals surface area contributed by atoms with Crippen LogP contribution >= 0.6 is 0 Å². The number of nitro groups is 1. The van der Waals surface area contributed by atoms with Crippen molar-refractivity contribution in [2.75, 3.05) is 7.11 Å². The van der Waals surface area contributed by atoms with Crippen LogP contribution < -0.4 is 4.74 Å². The molecule has 0 unspecified atom stereocenters. The van der Waals surface area contributed by atoms with Crippen molar-refractivity contribution in [2.45, 2.75) is 13.2 Å². The minimum Gasteiger partial charge on any atom is -0.488 e. The number of carbonyl (C=O) groups excluding carboxylic acids is 1. The number of hydrogen-bond acceptors (Lipinski definition) is 6. The van der Waals surface area contributed by atoms with Gasteiger partial charge in [0.25, 0.3) is 5.69 Å². The highest BCUT2D eigenvalue weighted by Crippen LogP contribution is 2.37. The molecule has 8 nitrogen and oxygen atoms in total. The van der Waals surface area contributed by atoms with E-state index in [0.717, 1.165) is 27.8 Å². The largest absolute Gasteiger partial charge is 0.488 e. The smallest absolute Gasteiger partial charge is 0.337 e. The highest BCUT2D eigenvalue weighted by Gasteiger charge is 2.21. The summed E-state index contributed by atoms with van der Waals surface area (Å²) in [6.45, 7) is 0.885. The third-order valence-electron chi connectivity index (χ3n) is 5.69. The van der Waals surface area contributed by atoms with Crippen molar-refractivity contribution < 1.29 is 19.2 Å². The van der Waals surface area contributed by atoms with Crippen LogP contribution in [0, 0.1) is 10.1 Å². The van der Waals surface area contributed by atoms with Gasteiger partial charge in [0.15, 0.2) is 0 Å². The molecule has 0 amide bonds. The molecule has 8 heteroatoms. The number of aromatic nitrogens is 2. The molecule has 0 saturated heterocycles. The van der Waals surface area contributed by atoms with Gasteiger partial charge < -0.3 is 14.0 Å². The number of non-ortho nitro benzene ring substituents is 1. The number of ether oxygens (including phenoxy) is 2. The van der Waals surface area contributed by atoms with Gasteiger partial charge in [0.2, 0.25) is 0 Å². The Hall–Kier alpha value is -4.46. The van der Waals surface area contributed by atoms with Crippen LogP contribution in [-0.4, -0.2) is 27.6 Å². The predicted molar refractivity (Wildman–Crippen MR) is 122 cm³/mol. The topological polar surface area (TPSA) is 96.5 Å². The molecule has 0 aliphatic carbocycles. The number of allylic oxidation sites excluding steroid dienone is 1. The van der Waals surface area contributed by atoms with Crippen LogP contribution in [0.3, 0.4) is 0 Å². The van der Waals surface area contributed by atoms with E-state index in [1.807, 2.05) is 28.8 Å². The van der Waals surface area contributed by atoms with Crippen LogP contribution in [0.2, 0.25) is 0 Å². The van der Waals surface area contributed by atoms with Crippen LogP contribution in [0.5, 0.6) is 5.75 Å². The second-order valence-corrected chi connectivity index (χ2v) is 7.59. The highest BCUT2D eigenvalue weighted by molar-refractivity contribution is 5.93. The average molecular weight is 441 g/mol. The van der Waals surface area contributed by atoms with Gasteiger partial charge >= 0.3 is 5.97 Å². The van der Waals surface area contributed by atoms with E-state index in [-0.39, 0.29) is 5.69 Å². The van der Waals surface area contributed by atoms with Crippen LogP contribution in [0.25, 0.3) is 16.6 Å². The van der Waals surface area contributed by atoms with Crippen LogP contribution in [0.1, 0.15) is 27.0 Å². The van der Waals surface area contributed by atoms with Crippen molar-refractivity contribution in [3.05, 3.63) is 105 Å². The molecule has 0 spiro atoms. The Bertz CT molecular complexity index is 1440. The Labute approximate surface area is 188 Å².